The van der Waals surface area contributed by atoms with Crippen molar-refractivity contribution in [1.82, 2.24) is 20.2 Å². The largest absolute Gasteiger partial charge is 0.375 e. The van der Waals surface area contributed by atoms with Crippen LogP contribution in [0.3, 0.4) is 0 Å². The third kappa shape index (κ3) is 6.07. The highest BCUT2D eigenvalue weighted by Gasteiger charge is 2.12. The molecule has 1 N–H and O–H groups in total. The van der Waals surface area contributed by atoms with Crippen LogP contribution in [-0.4, -0.2) is 48.1 Å². The normalized spacial score (nSPS) is 12.9. The fourth-order valence-corrected chi connectivity index (χ4v) is 3.25. The molecule has 0 saturated heterocycles. The van der Waals surface area contributed by atoms with Crippen LogP contribution < -0.4 is 5.32 Å². The number of thiazole rings is 1. The van der Waals surface area contributed by atoms with E-state index >= 15 is 0 Å². The zero-order valence-corrected chi connectivity index (χ0v) is 17.1. The summed E-state index contributed by atoms with van der Waals surface area (Å²) >= 11 is 1.64. The number of nitrogens with zero attached hydrogens (tertiary/aromatic N) is 4. The quantitative estimate of drug-likeness (QED) is 0.567. The maximum absolute atomic E-state index is 5.34. The van der Waals surface area contributed by atoms with Crippen molar-refractivity contribution in [3.8, 4) is 0 Å². The van der Waals surface area contributed by atoms with Gasteiger partial charge in [-0.3, -0.25) is 9.98 Å². The van der Waals surface area contributed by atoms with Gasteiger partial charge in [-0.05, 0) is 38.8 Å². The van der Waals surface area contributed by atoms with Crippen LogP contribution >= 0.6 is 11.3 Å². The topological polar surface area (TPSA) is 62.6 Å². The summed E-state index contributed by atoms with van der Waals surface area (Å²) in [4.78, 5) is 15.8. The molecule has 0 aliphatic heterocycles. The van der Waals surface area contributed by atoms with E-state index in [1.54, 1.807) is 18.4 Å². The summed E-state index contributed by atoms with van der Waals surface area (Å²) in [6.07, 6.45) is 2.83. The summed E-state index contributed by atoms with van der Waals surface area (Å²) in [5, 5.41) is 6.44. The molecular formula is C19H29N5OS. The molecular weight excluding hydrogens is 346 g/mol. The molecule has 0 fully saturated rings. The second kappa shape index (κ2) is 10.2. The number of aryl methyl sites for hydroxylation is 1. The highest BCUT2D eigenvalue weighted by atomic mass is 32.1. The first-order valence-corrected chi connectivity index (χ1v) is 9.79. The SMILES string of the molecule is CCNC(=NCCc1ccc(C)nc1)N(C)Cc1csc(C(C)OC)n1. The van der Waals surface area contributed by atoms with Crippen molar-refractivity contribution in [2.75, 3.05) is 27.2 Å². The average molecular weight is 376 g/mol. The highest BCUT2D eigenvalue weighted by Crippen LogP contribution is 2.20. The van der Waals surface area contributed by atoms with Gasteiger partial charge >= 0.3 is 0 Å². The molecule has 1 atom stereocenters. The maximum Gasteiger partial charge on any atom is 0.194 e. The average Bonchev–Trinajstić information content (AvgIpc) is 3.10. The molecule has 0 aliphatic carbocycles. The van der Waals surface area contributed by atoms with Gasteiger partial charge in [0.25, 0.3) is 0 Å². The van der Waals surface area contributed by atoms with Gasteiger partial charge in [0.05, 0.1) is 12.2 Å². The minimum atomic E-state index is 0.0316. The number of nitrogens with one attached hydrogen (secondary N) is 1. The minimum absolute atomic E-state index is 0.0316. The van der Waals surface area contributed by atoms with E-state index in [1.165, 1.54) is 5.56 Å². The lowest BCUT2D eigenvalue weighted by Gasteiger charge is -2.21. The standard InChI is InChI=1S/C19H29N5OS/c1-6-20-19(21-10-9-16-8-7-14(2)22-11-16)24(4)12-17-13-26-18(23-17)15(3)25-5/h7-8,11,13,15H,6,9-10,12H2,1-5H3,(H,20,21). The van der Waals surface area contributed by atoms with Gasteiger partial charge in [-0.2, -0.15) is 0 Å². The predicted molar refractivity (Wildman–Crippen MR) is 108 cm³/mol. The van der Waals surface area contributed by atoms with Crippen molar-refractivity contribution >= 4 is 17.3 Å². The Labute approximate surface area is 160 Å². The van der Waals surface area contributed by atoms with Crippen LogP contribution in [0, 0.1) is 6.92 Å². The predicted octanol–water partition coefficient (Wildman–Crippen LogP) is 3.19. The Morgan fingerprint density at radius 1 is 1.42 bits per heavy atom. The van der Waals surface area contributed by atoms with Gasteiger partial charge in [0.1, 0.15) is 11.1 Å². The van der Waals surface area contributed by atoms with E-state index in [-0.39, 0.29) is 6.10 Å². The van der Waals surface area contributed by atoms with Gasteiger partial charge in [0.15, 0.2) is 5.96 Å². The van der Waals surface area contributed by atoms with Crippen LogP contribution in [-0.2, 0) is 17.7 Å². The van der Waals surface area contributed by atoms with Gasteiger partial charge in [-0.15, -0.1) is 11.3 Å². The number of aromatic nitrogens is 2. The molecule has 0 radical (unpaired) electrons. The Bertz CT molecular complexity index is 698. The first kappa shape index (κ1) is 20.3. The van der Waals surface area contributed by atoms with Crippen LogP contribution in [0.4, 0.5) is 0 Å². The van der Waals surface area contributed by atoms with Crippen molar-refractivity contribution in [3.63, 3.8) is 0 Å². The van der Waals surface area contributed by atoms with Crippen molar-refractivity contribution in [1.29, 1.82) is 0 Å². The molecule has 2 heterocycles. The number of hydrogen-bond donors (Lipinski definition) is 1. The Hall–Kier alpha value is -1.99. The van der Waals surface area contributed by atoms with E-state index in [1.807, 2.05) is 33.2 Å². The lowest BCUT2D eigenvalue weighted by atomic mass is 10.2. The number of pyridine rings is 1. The van der Waals surface area contributed by atoms with E-state index in [0.717, 1.165) is 41.9 Å². The molecule has 7 heteroatoms. The summed E-state index contributed by atoms with van der Waals surface area (Å²) in [5.74, 6) is 0.891. The third-order valence-electron chi connectivity index (χ3n) is 4.00. The lowest BCUT2D eigenvalue weighted by Crippen LogP contribution is -2.38. The number of rotatable bonds is 8. The number of ether oxygens (including phenoxy) is 1. The van der Waals surface area contributed by atoms with Gasteiger partial charge in [-0.1, -0.05) is 6.07 Å². The Balaban J connectivity index is 1.95. The summed E-state index contributed by atoms with van der Waals surface area (Å²) < 4.78 is 5.34. The molecule has 1 unspecified atom stereocenters. The molecule has 2 aromatic rings. The van der Waals surface area contributed by atoms with Gasteiger partial charge in [0.2, 0.25) is 0 Å². The first-order valence-electron chi connectivity index (χ1n) is 8.91. The maximum atomic E-state index is 5.34. The fourth-order valence-electron chi connectivity index (χ4n) is 2.41. The van der Waals surface area contributed by atoms with Crippen molar-refractivity contribution in [2.45, 2.75) is 39.8 Å². The molecule has 0 bridgehead atoms. The smallest absolute Gasteiger partial charge is 0.194 e. The molecule has 6 nitrogen and oxygen atoms in total. The first-order chi connectivity index (χ1) is 12.5. The minimum Gasteiger partial charge on any atom is -0.375 e. The van der Waals surface area contributed by atoms with Crippen LogP contribution in [0.2, 0.25) is 0 Å². The molecule has 0 spiro atoms. The summed E-state index contributed by atoms with van der Waals surface area (Å²) in [6.45, 7) is 8.35. The highest BCUT2D eigenvalue weighted by molar-refractivity contribution is 7.09. The third-order valence-corrected chi connectivity index (χ3v) is 5.06. The van der Waals surface area contributed by atoms with Gasteiger partial charge in [-0.25, -0.2) is 4.98 Å². The van der Waals surface area contributed by atoms with Crippen LogP contribution in [0.25, 0.3) is 0 Å². The van der Waals surface area contributed by atoms with Crippen molar-refractivity contribution in [2.24, 2.45) is 4.99 Å². The lowest BCUT2D eigenvalue weighted by molar-refractivity contribution is 0.119. The molecule has 2 aromatic heterocycles. The summed E-state index contributed by atoms with van der Waals surface area (Å²) in [5.41, 5.74) is 3.27. The Morgan fingerprint density at radius 3 is 2.88 bits per heavy atom. The van der Waals surface area contributed by atoms with Crippen LogP contribution in [0.15, 0.2) is 28.7 Å². The van der Waals surface area contributed by atoms with Crippen molar-refractivity contribution < 1.29 is 4.74 Å². The van der Waals surface area contributed by atoms with Crippen LogP contribution in [0.1, 0.15) is 41.9 Å². The van der Waals surface area contributed by atoms with Crippen molar-refractivity contribution in [3.05, 3.63) is 45.7 Å². The van der Waals surface area contributed by atoms with E-state index in [4.69, 9.17) is 9.73 Å². The van der Waals surface area contributed by atoms with E-state index in [2.05, 4.69) is 38.6 Å². The Morgan fingerprint density at radius 2 is 2.23 bits per heavy atom. The second-order valence-corrected chi connectivity index (χ2v) is 7.09. The van der Waals surface area contributed by atoms with E-state index in [0.29, 0.717) is 6.54 Å². The Kier molecular flexibility index (Phi) is 8.00. The molecule has 0 aromatic carbocycles. The molecule has 0 aliphatic rings. The van der Waals surface area contributed by atoms with Crippen LogP contribution in [0.5, 0.6) is 0 Å². The van der Waals surface area contributed by atoms with E-state index < -0.39 is 0 Å². The van der Waals surface area contributed by atoms with Gasteiger partial charge < -0.3 is 15.0 Å². The molecule has 0 saturated carbocycles. The number of aliphatic imine (C=N–C) groups is 1. The fraction of sp³-hybridized carbons (Fsp3) is 0.526. The number of guanidine groups is 1. The zero-order chi connectivity index (χ0) is 18.9. The summed E-state index contributed by atoms with van der Waals surface area (Å²) in [6, 6.07) is 4.15. The van der Waals surface area contributed by atoms with Gasteiger partial charge in [0, 0.05) is 44.5 Å². The second-order valence-electron chi connectivity index (χ2n) is 6.20. The number of methoxy groups -OCH3 is 1. The zero-order valence-electron chi connectivity index (χ0n) is 16.3. The molecule has 2 rings (SSSR count). The van der Waals surface area contributed by atoms with E-state index in [9.17, 15) is 0 Å². The molecule has 26 heavy (non-hydrogen) atoms. The monoisotopic (exact) mass is 375 g/mol. The summed E-state index contributed by atoms with van der Waals surface area (Å²) in [7, 11) is 3.74. The molecule has 142 valence electrons. The number of hydrogen-bond acceptors (Lipinski definition) is 5. The molecule has 0 amide bonds.